The van der Waals surface area contributed by atoms with Crippen LogP contribution in [-0.2, 0) is 6.42 Å². The quantitative estimate of drug-likeness (QED) is 0.431. The lowest BCUT2D eigenvalue weighted by Crippen LogP contribution is -1.97. The molecule has 0 aliphatic heterocycles. The van der Waals surface area contributed by atoms with Crippen LogP contribution in [0.5, 0.6) is 5.75 Å². The van der Waals surface area contributed by atoms with E-state index in [0.717, 1.165) is 28.9 Å². The van der Waals surface area contributed by atoms with E-state index < -0.39 is 4.92 Å². The predicted molar refractivity (Wildman–Crippen MR) is 84.8 cm³/mol. The third-order valence-corrected chi connectivity index (χ3v) is 3.99. The molecule has 0 saturated heterocycles. The summed E-state index contributed by atoms with van der Waals surface area (Å²) in [5, 5.41) is 11.2. The van der Waals surface area contributed by atoms with Crippen molar-refractivity contribution in [3.63, 3.8) is 0 Å². The zero-order chi connectivity index (χ0) is 15.2. The number of hydrogen-bond donors (Lipinski definition) is 0. The van der Waals surface area contributed by atoms with E-state index in [9.17, 15) is 10.1 Å². The molecule has 0 saturated carbocycles. The monoisotopic (exact) mass is 303 g/mol. The van der Waals surface area contributed by atoms with Crippen LogP contribution in [0.4, 0.5) is 5.69 Å². The highest BCUT2D eigenvalue weighted by Crippen LogP contribution is 2.36. The molecule has 0 atom stereocenters. The largest absolute Gasteiger partial charge is 0.413 e. The van der Waals surface area contributed by atoms with Crippen molar-refractivity contribution in [2.75, 3.05) is 0 Å². The van der Waals surface area contributed by atoms with Crippen LogP contribution in [0.3, 0.4) is 0 Å². The molecule has 0 aromatic heterocycles. The van der Waals surface area contributed by atoms with E-state index in [1.165, 1.54) is 18.1 Å². The highest BCUT2D eigenvalue weighted by atomic mass is 32.2. The van der Waals surface area contributed by atoms with Crippen LogP contribution in [0.2, 0.25) is 0 Å². The molecule has 2 aromatic carbocycles. The summed E-state index contributed by atoms with van der Waals surface area (Å²) in [7, 11) is 0. The molecular weight excluding hydrogens is 286 g/mol. The number of para-hydroxylation sites is 1. The fourth-order valence-electron chi connectivity index (χ4n) is 2.01. The molecule has 0 radical (unpaired) electrons. The summed E-state index contributed by atoms with van der Waals surface area (Å²) in [5.74, 6) is 0.359. The van der Waals surface area contributed by atoms with Crippen LogP contribution >= 0.6 is 12.0 Å². The van der Waals surface area contributed by atoms with Crippen LogP contribution < -0.4 is 4.18 Å². The van der Waals surface area contributed by atoms with Gasteiger partial charge in [-0.25, -0.2) is 0 Å². The Morgan fingerprint density at radius 2 is 1.95 bits per heavy atom. The average molecular weight is 303 g/mol. The van der Waals surface area contributed by atoms with E-state index in [0.29, 0.717) is 5.75 Å². The zero-order valence-corrected chi connectivity index (χ0v) is 12.9. The van der Waals surface area contributed by atoms with Crippen LogP contribution in [0.15, 0.2) is 47.4 Å². The van der Waals surface area contributed by atoms with Crippen molar-refractivity contribution < 1.29 is 9.11 Å². The SMILES string of the molecule is CCCc1cccc([N+](=O)[O-])c1OSc1ccccc1C. The molecule has 0 fully saturated rings. The Balaban J connectivity index is 2.29. The van der Waals surface area contributed by atoms with Gasteiger partial charge in [0.1, 0.15) is 0 Å². The fraction of sp³-hybridized carbons (Fsp3) is 0.250. The molecule has 0 bridgehead atoms. The van der Waals surface area contributed by atoms with Gasteiger partial charge in [-0.1, -0.05) is 43.7 Å². The molecule has 0 heterocycles. The summed E-state index contributed by atoms with van der Waals surface area (Å²) >= 11 is 1.17. The molecule has 4 nitrogen and oxygen atoms in total. The number of aryl methyl sites for hydroxylation is 2. The van der Waals surface area contributed by atoms with Crippen molar-refractivity contribution in [1.82, 2.24) is 0 Å². The molecule has 0 amide bonds. The van der Waals surface area contributed by atoms with Gasteiger partial charge in [0.2, 0.25) is 5.75 Å². The number of benzene rings is 2. The first-order valence-corrected chi connectivity index (χ1v) is 7.54. The summed E-state index contributed by atoms with van der Waals surface area (Å²) in [6, 6.07) is 12.9. The second-order valence-corrected chi connectivity index (χ2v) is 5.48. The standard InChI is InChI=1S/C16H17NO3S/c1-3-7-13-9-6-10-14(17(18)19)16(13)20-21-15-11-5-4-8-12(15)2/h4-6,8-11H,3,7H2,1-2H3. The third-order valence-electron chi connectivity index (χ3n) is 3.10. The summed E-state index contributed by atoms with van der Waals surface area (Å²) in [4.78, 5) is 11.7. The minimum Gasteiger partial charge on any atom is -0.413 e. The molecule has 0 spiro atoms. The lowest BCUT2D eigenvalue weighted by Gasteiger charge is -2.10. The van der Waals surface area contributed by atoms with Gasteiger partial charge in [0.05, 0.1) is 21.9 Å². The Morgan fingerprint density at radius 3 is 2.62 bits per heavy atom. The van der Waals surface area contributed by atoms with Crippen LogP contribution in [0.1, 0.15) is 24.5 Å². The Morgan fingerprint density at radius 1 is 1.19 bits per heavy atom. The van der Waals surface area contributed by atoms with Crippen molar-refractivity contribution in [1.29, 1.82) is 0 Å². The molecule has 0 unspecified atom stereocenters. The highest BCUT2D eigenvalue weighted by molar-refractivity contribution is 7.95. The number of nitro groups is 1. The van der Waals surface area contributed by atoms with Crippen molar-refractivity contribution >= 4 is 17.7 Å². The van der Waals surface area contributed by atoms with Crippen molar-refractivity contribution in [2.24, 2.45) is 0 Å². The lowest BCUT2D eigenvalue weighted by molar-refractivity contribution is -0.385. The normalized spacial score (nSPS) is 10.4. The fourth-order valence-corrected chi connectivity index (χ4v) is 2.71. The molecule has 21 heavy (non-hydrogen) atoms. The lowest BCUT2D eigenvalue weighted by atomic mass is 10.1. The molecule has 2 rings (SSSR count). The molecule has 5 heteroatoms. The maximum atomic E-state index is 11.2. The van der Waals surface area contributed by atoms with Gasteiger partial charge in [-0.2, -0.15) is 0 Å². The van der Waals surface area contributed by atoms with E-state index in [1.807, 2.05) is 44.2 Å². The van der Waals surface area contributed by atoms with Crippen LogP contribution in [0.25, 0.3) is 0 Å². The second-order valence-electron chi connectivity index (χ2n) is 4.70. The Labute approximate surface area is 128 Å². The molecule has 0 aliphatic carbocycles. The molecule has 2 aromatic rings. The van der Waals surface area contributed by atoms with Crippen molar-refractivity contribution in [3.05, 3.63) is 63.7 Å². The Kier molecular flexibility index (Phi) is 5.22. The summed E-state index contributed by atoms with van der Waals surface area (Å²) in [6.45, 7) is 4.02. The molecule has 0 aliphatic rings. The number of nitro benzene ring substituents is 1. The first kappa shape index (κ1) is 15.4. The minimum absolute atomic E-state index is 0.0158. The maximum absolute atomic E-state index is 11.2. The van der Waals surface area contributed by atoms with Gasteiger partial charge in [0.15, 0.2) is 0 Å². The Bertz CT molecular complexity index is 643. The van der Waals surface area contributed by atoms with Gasteiger partial charge in [-0.3, -0.25) is 10.1 Å². The van der Waals surface area contributed by atoms with Gasteiger partial charge >= 0.3 is 5.69 Å². The predicted octanol–water partition coefficient (Wildman–Crippen LogP) is 4.94. The number of nitrogens with zero attached hydrogens (tertiary/aromatic N) is 1. The minimum atomic E-state index is -0.396. The van der Waals surface area contributed by atoms with E-state index >= 15 is 0 Å². The van der Waals surface area contributed by atoms with E-state index in [4.69, 9.17) is 4.18 Å². The van der Waals surface area contributed by atoms with E-state index in [2.05, 4.69) is 0 Å². The van der Waals surface area contributed by atoms with E-state index in [-0.39, 0.29) is 5.69 Å². The van der Waals surface area contributed by atoms with Crippen LogP contribution in [0, 0.1) is 17.0 Å². The topological polar surface area (TPSA) is 52.4 Å². The van der Waals surface area contributed by atoms with Gasteiger partial charge in [0.25, 0.3) is 0 Å². The highest BCUT2D eigenvalue weighted by Gasteiger charge is 2.19. The van der Waals surface area contributed by atoms with Crippen molar-refractivity contribution in [2.45, 2.75) is 31.6 Å². The van der Waals surface area contributed by atoms with Crippen LogP contribution in [-0.4, -0.2) is 4.92 Å². The average Bonchev–Trinajstić information content (AvgIpc) is 2.47. The summed E-state index contributed by atoms with van der Waals surface area (Å²) in [5.41, 5.74) is 1.97. The molecular formula is C16H17NO3S. The maximum Gasteiger partial charge on any atom is 0.312 e. The third kappa shape index (κ3) is 3.76. The molecule has 0 N–H and O–H groups in total. The summed E-state index contributed by atoms with van der Waals surface area (Å²) < 4.78 is 5.72. The van der Waals surface area contributed by atoms with E-state index in [1.54, 1.807) is 6.07 Å². The van der Waals surface area contributed by atoms with Crippen molar-refractivity contribution in [3.8, 4) is 5.75 Å². The van der Waals surface area contributed by atoms with Gasteiger partial charge < -0.3 is 4.18 Å². The number of hydrogen-bond acceptors (Lipinski definition) is 4. The van der Waals surface area contributed by atoms with Gasteiger partial charge in [-0.05, 0) is 25.0 Å². The smallest absolute Gasteiger partial charge is 0.312 e. The summed E-state index contributed by atoms with van der Waals surface area (Å²) in [6.07, 6.45) is 1.66. The first-order chi connectivity index (χ1) is 10.1. The Hall–Kier alpha value is -2.01. The number of rotatable bonds is 6. The second kappa shape index (κ2) is 7.13. The van der Waals surface area contributed by atoms with Gasteiger partial charge in [-0.15, -0.1) is 0 Å². The van der Waals surface area contributed by atoms with Gasteiger partial charge in [0, 0.05) is 11.6 Å². The molecule has 110 valence electrons. The first-order valence-electron chi connectivity index (χ1n) is 6.80. The zero-order valence-electron chi connectivity index (χ0n) is 12.0.